The summed E-state index contributed by atoms with van der Waals surface area (Å²) in [6.45, 7) is 2.78. The Kier molecular flexibility index (Phi) is 8.20. The van der Waals surface area contributed by atoms with Gasteiger partial charge in [-0.15, -0.1) is 0 Å². The van der Waals surface area contributed by atoms with E-state index in [1.165, 1.54) is 0 Å². The molecule has 1 heterocycles. The molecule has 0 aliphatic carbocycles. The third-order valence-electron chi connectivity index (χ3n) is 5.06. The van der Waals surface area contributed by atoms with Crippen molar-refractivity contribution in [3.63, 3.8) is 0 Å². The number of hydrogen-bond acceptors (Lipinski definition) is 7. The highest BCUT2D eigenvalue weighted by Crippen LogP contribution is 2.33. The lowest BCUT2D eigenvalue weighted by Gasteiger charge is -2.28. The van der Waals surface area contributed by atoms with E-state index in [9.17, 15) is 0 Å². The number of methoxy groups -OCH3 is 1. The number of rotatable bonds is 11. The van der Waals surface area contributed by atoms with Gasteiger partial charge in [0.2, 0.25) is 0 Å². The average molecular weight is 423 g/mol. The first-order chi connectivity index (χ1) is 15.2. The summed E-state index contributed by atoms with van der Waals surface area (Å²) in [6.07, 6.45) is 5.70. The zero-order valence-corrected chi connectivity index (χ0v) is 18.1. The fourth-order valence-corrected chi connectivity index (χ4v) is 3.39. The highest BCUT2D eigenvalue weighted by atomic mass is 16.5. The van der Waals surface area contributed by atoms with Crippen molar-refractivity contribution in [2.45, 2.75) is 32.2 Å². The van der Waals surface area contributed by atoms with Gasteiger partial charge in [0.1, 0.15) is 0 Å². The minimum Gasteiger partial charge on any atom is -0.493 e. The number of aliphatic hydroxyl groups excluding tert-OH is 1. The maximum absolute atomic E-state index is 8.90. The number of aliphatic hydroxyl groups is 1. The molecule has 0 fully saturated rings. The number of aromatic nitrogens is 2. The van der Waals surface area contributed by atoms with Crippen LogP contribution in [0.4, 0.5) is 5.82 Å². The summed E-state index contributed by atoms with van der Waals surface area (Å²) >= 11 is 0. The number of unbranched alkanes of at least 4 members (excludes halogenated alkanes) is 1. The van der Waals surface area contributed by atoms with Crippen LogP contribution in [0.5, 0.6) is 11.5 Å². The standard InChI is InChI=1S/C24H30N4O3/c1-3-21(18-9-5-4-6-10-18)28(25)24-17-26-16-20(27-24)19-11-12-22(23(15-19)30-2)31-14-8-7-13-29/h4-6,9-12,15-17,21,29H,3,7-8,13-14,25H2,1-2H3. The van der Waals surface area contributed by atoms with E-state index in [-0.39, 0.29) is 12.6 Å². The van der Waals surface area contributed by atoms with Gasteiger partial charge in [-0.3, -0.25) is 9.99 Å². The Labute approximate surface area is 183 Å². The first kappa shape index (κ1) is 22.5. The predicted molar refractivity (Wildman–Crippen MR) is 122 cm³/mol. The van der Waals surface area contributed by atoms with Crippen LogP contribution < -0.4 is 20.3 Å². The van der Waals surface area contributed by atoms with Gasteiger partial charge < -0.3 is 14.6 Å². The van der Waals surface area contributed by atoms with Gasteiger partial charge in [-0.25, -0.2) is 10.8 Å². The summed E-state index contributed by atoms with van der Waals surface area (Å²) in [5.41, 5.74) is 2.68. The zero-order chi connectivity index (χ0) is 22.1. The van der Waals surface area contributed by atoms with Crippen LogP contribution in [-0.2, 0) is 0 Å². The highest BCUT2D eigenvalue weighted by Gasteiger charge is 2.18. The molecule has 0 saturated carbocycles. The van der Waals surface area contributed by atoms with Crippen LogP contribution in [0.3, 0.4) is 0 Å². The van der Waals surface area contributed by atoms with Gasteiger partial charge in [-0.05, 0) is 43.0 Å². The smallest absolute Gasteiger partial charge is 0.162 e. The SMILES string of the molecule is CCC(c1ccccc1)N(N)c1cncc(-c2ccc(OCCCCO)c(OC)c2)n1. The van der Waals surface area contributed by atoms with Gasteiger partial charge >= 0.3 is 0 Å². The quantitative estimate of drug-likeness (QED) is 0.272. The summed E-state index contributed by atoms with van der Waals surface area (Å²) in [7, 11) is 1.61. The lowest BCUT2D eigenvalue weighted by atomic mass is 10.0. The van der Waals surface area contributed by atoms with Crippen molar-refractivity contribution in [1.82, 2.24) is 9.97 Å². The predicted octanol–water partition coefficient (Wildman–Crippen LogP) is 4.13. The Morgan fingerprint density at radius 3 is 2.58 bits per heavy atom. The Morgan fingerprint density at radius 1 is 1.06 bits per heavy atom. The van der Waals surface area contributed by atoms with Crippen molar-refractivity contribution in [2.24, 2.45) is 5.84 Å². The van der Waals surface area contributed by atoms with Crippen molar-refractivity contribution in [2.75, 3.05) is 25.3 Å². The van der Waals surface area contributed by atoms with Gasteiger partial charge in [0, 0.05) is 12.2 Å². The van der Waals surface area contributed by atoms with Gasteiger partial charge in [0.25, 0.3) is 0 Å². The maximum Gasteiger partial charge on any atom is 0.162 e. The van der Waals surface area contributed by atoms with Crippen molar-refractivity contribution in [3.8, 4) is 22.8 Å². The van der Waals surface area contributed by atoms with Crippen LogP contribution in [0.1, 0.15) is 37.8 Å². The van der Waals surface area contributed by atoms with E-state index >= 15 is 0 Å². The lowest BCUT2D eigenvalue weighted by Crippen LogP contribution is -2.35. The van der Waals surface area contributed by atoms with E-state index in [0.29, 0.717) is 36.0 Å². The molecule has 2 aromatic carbocycles. The lowest BCUT2D eigenvalue weighted by molar-refractivity contribution is 0.247. The second-order valence-electron chi connectivity index (χ2n) is 7.15. The molecular weight excluding hydrogens is 392 g/mol. The molecule has 7 nitrogen and oxygen atoms in total. The van der Waals surface area contributed by atoms with Gasteiger partial charge in [0.15, 0.2) is 17.3 Å². The number of nitrogens with two attached hydrogens (primary N) is 1. The molecular formula is C24H30N4O3. The Bertz CT molecular complexity index is 953. The van der Waals surface area contributed by atoms with Gasteiger partial charge in [0.05, 0.1) is 37.8 Å². The van der Waals surface area contributed by atoms with E-state index in [1.807, 2.05) is 36.4 Å². The number of nitrogens with zero attached hydrogens (tertiary/aromatic N) is 3. The molecule has 0 radical (unpaired) electrons. The van der Waals surface area contributed by atoms with E-state index in [0.717, 1.165) is 24.0 Å². The molecule has 1 atom stereocenters. The minimum absolute atomic E-state index is 0.00465. The molecule has 0 amide bonds. The van der Waals surface area contributed by atoms with Gasteiger partial charge in [-0.2, -0.15) is 0 Å². The monoisotopic (exact) mass is 422 g/mol. The molecule has 0 bridgehead atoms. The second-order valence-corrected chi connectivity index (χ2v) is 7.15. The summed E-state index contributed by atoms with van der Waals surface area (Å²) in [4.78, 5) is 9.10. The van der Waals surface area contributed by atoms with Crippen LogP contribution in [0.25, 0.3) is 11.3 Å². The molecule has 7 heteroatoms. The number of ether oxygens (including phenoxy) is 2. The zero-order valence-electron chi connectivity index (χ0n) is 18.1. The molecule has 1 aromatic heterocycles. The van der Waals surface area contributed by atoms with Crippen molar-refractivity contribution in [3.05, 3.63) is 66.5 Å². The maximum atomic E-state index is 8.90. The summed E-state index contributed by atoms with van der Waals surface area (Å²) in [6, 6.07) is 15.8. The fourth-order valence-electron chi connectivity index (χ4n) is 3.39. The topological polar surface area (TPSA) is 93.7 Å². The largest absolute Gasteiger partial charge is 0.493 e. The molecule has 31 heavy (non-hydrogen) atoms. The molecule has 0 saturated heterocycles. The molecule has 3 aromatic rings. The molecule has 3 N–H and O–H groups in total. The first-order valence-electron chi connectivity index (χ1n) is 10.5. The van der Waals surface area contributed by atoms with E-state index < -0.39 is 0 Å². The Morgan fingerprint density at radius 2 is 1.87 bits per heavy atom. The molecule has 0 spiro atoms. The highest BCUT2D eigenvalue weighted by molar-refractivity contribution is 5.64. The Hall–Kier alpha value is -3.16. The number of anilines is 1. The van der Waals surface area contributed by atoms with Crippen molar-refractivity contribution in [1.29, 1.82) is 0 Å². The third-order valence-corrected chi connectivity index (χ3v) is 5.06. The molecule has 1 unspecified atom stereocenters. The molecule has 0 aliphatic heterocycles. The van der Waals surface area contributed by atoms with Crippen LogP contribution in [0, 0.1) is 0 Å². The third kappa shape index (κ3) is 5.71. The van der Waals surface area contributed by atoms with E-state index in [4.69, 9.17) is 25.4 Å². The summed E-state index contributed by atoms with van der Waals surface area (Å²) in [5.74, 6) is 8.33. The normalized spacial score (nSPS) is 11.7. The number of benzene rings is 2. The van der Waals surface area contributed by atoms with E-state index in [1.54, 1.807) is 24.5 Å². The first-order valence-corrected chi connectivity index (χ1v) is 10.5. The number of hydrazine groups is 1. The molecule has 164 valence electrons. The van der Waals surface area contributed by atoms with Crippen molar-refractivity contribution < 1.29 is 14.6 Å². The molecule has 0 aliphatic rings. The average Bonchev–Trinajstić information content (AvgIpc) is 2.83. The van der Waals surface area contributed by atoms with Gasteiger partial charge in [-0.1, -0.05) is 37.3 Å². The van der Waals surface area contributed by atoms with Crippen LogP contribution >= 0.6 is 0 Å². The van der Waals surface area contributed by atoms with Crippen LogP contribution in [0.2, 0.25) is 0 Å². The van der Waals surface area contributed by atoms with Crippen LogP contribution in [0.15, 0.2) is 60.9 Å². The van der Waals surface area contributed by atoms with Crippen molar-refractivity contribution >= 4 is 5.82 Å². The Balaban J connectivity index is 1.82. The summed E-state index contributed by atoms with van der Waals surface area (Å²) < 4.78 is 11.3. The molecule has 3 rings (SSSR count). The van der Waals surface area contributed by atoms with E-state index in [2.05, 4.69) is 24.0 Å². The van der Waals surface area contributed by atoms with Crippen LogP contribution in [-0.4, -0.2) is 35.4 Å². The fraction of sp³-hybridized carbons (Fsp3) is 0.333. The minimum atomic E-state index is -0.00465. The number of hydrogen-bond donors (Lipinski definition) is 2. The second kappa shape index (κ2) is 11.3. The summed E-state index contributed by atoms with van der Waals surface area (Å²) in [5, 5.41) is 10.6.